The van der Waals surface area contributed by atoms with Crippen molar-refractivity contribution >= 4 is 17.8 Å². The number of hydrogen-bond acceptors (Lipinski definition) is 10. The van der Waals surface area contributed by atoms with Crippen LogP contribution in [-0.4, -0.2) is 80.0 Å². The molecule has 1 aliphatic heterocycles. The Morgan fingerprint density at radius 1 is 1.14 bits per heavy atom. The van der Waals surface area contributed by atoms with Gasteiger partial charge in [-0.3, -0.25) is 9.59 Å². The zero-order chi connectivity index (χ0) is 32.3. The average Bonchev–Trinajstić information content (AvgIpc) is 3.49. The van der Waals surface area contributed by atoms with Gasteiger partial charge in [-0.2, -0.15) is 13.2 Å². The number of hydrogen-bond donors (Lipinski definition) is 1. The first-order valence-corrected chi connectivity index (χ1v) is 15.1. The second kappa shape index (κ2) is 16.8. The molecule has 3 rings (SSSR count). The minimum absolute atomic E-state index is 0.0592. The molecule has 1 aromatic rings. The number of halogens is 3. The Balaban J connectivity index is 1.73. The number of nitrogens with one attached hydrogen (secondary N) is 1. The summed E-state index contributed by atoms with van der Waals surface area (Å²) in [6.45, 7) is 4.37. The topological polar surface area (TPSA) is 132 Å². The van der Waals surface area contributed by atoms with Crippen molar-refractivity contribution in [3.8, 4) is 11.5 Å². The molecule has 0 aromatic carbocycles. The van der Waals surface area contributed by atoms with E-state index in [1.165, 1.54) is 19.4 Å². The minimum Gasteiger partial charge on any atom is -0.493 e. The van der Waals surface area contributed by atoms with Crippen molar-refractivity contribution < 1.29 is 56.0 Å². The number of esters is 2. The van der Waals surface area contributed by atoms with Gasteiger partial charge in [-0.25, -0.2) is 9.78 Å². The van der Waals surface area contributed by atoms with Crippen molar-refractivity contribution in [3.63, 3.8) is 0 Å². The summed E-state index contributed by atoms with van der Waals surface area (Å²) in [7, 11) is 1.37. The first-order valence-electron chi connectivity index (χ1n) is 15.1. The van der Waals surface area contributed by atoms with Crippen molar-refractivity contribution in [2.45, 2.75) is 115 Å². The summed E-state index contributed by atoms with van der Waals surface area (Å²) in [5, 5.41) is 2.66. The smallest absolute Gasteiger partial charge is 0.389 e. The molecule has 1 saturated carbocycles. The Morgan fingerprint density at radius 3 is 2.52 bits per heavy atom. The predicted molar refractivity (Wildman–Crippen MR) is 150 cm³/mol. The van der Waals surface area contributed by atoms with Gasteiger partial charge in [0.1, 0.15) is 18.2 Å². The van der Waals surface area contributed by atoms with Crippen LogP contribution in [0.5, 0.6) is 11.5 Å². The number of ether oxygens (including phenoxy) is 6. The van der Waals surface area contributed by atoms with E-state index in [-0.39, 0.29) is 48.7 Å². The number of carbonyl (C=O) groups is 3. The van der Waals surface area contributed by atoms with Gasteiger partial charge in [-0.05, 0) is 45.4 Å². The predicted octanol–water partition coefficient (Wildman–Crippen LogP) is 4.90. The summed E-state index contributed by atoms with van der Waals surface area (Å²) in [5.41, 5.74) is -0.195. The van der Waals surface area contributed by atoms with E-state index in [0.717, 1.165) is 25.7 Å². The summed E-state index contributed by atoms with van der Waals surface area (Å²) < 4.78 is 72.0. The highest BCUT2D eigenvalue weighted by Crippen LogP contribution is 2.31. The molecule has 1 amide bonds. The van der Waals surface area contributed by atoms with E-state index < -0.39 is 61.6 Å². The lowest BCUT2D eigenvalue weighted by atomic mass is 10.0. The molecule has 1 N–H and O–H groups in total. The highest BCUT2D eigenvalue weighted by atomic mass is 19.4. The fourth-order valence-electron chi connectivity index (χ4n) is 5.13. The molecule has 0 bridgehead atoms. The Labute approximate surface area is 255 Å². The quantitative estimate of drug-likeness (QED) is 0.182. The number of pyridine rings is 1. The number of alkyl halides is 3. The molecule has 2 heterocycles. The van der Waals surface area contributed by atoms with E-state index in [1.54, 1.807) is 20.8 Å². The van der Waals surface area contributed by atoms with Crippen LogP contribution in [0.1, 0.15) is 89.0 Å². The molecule has 4 atom stereocenters. The fraction of sp³-hybridized carbons (Fsp3) is 0.733. The van der Waals surface area contributed by atoms with Crippen LogP contribution in [0.15, 0.2) is 12.3 Å². The van der Waals surface area contributed by atoms with Crippen molar-refractivity contribution in [1.29, 1.82) is 0 Å². The Hall–Kier alpha value is -3.13. The lowest BCUT2D eigenvalue weighted by Crippen LogP contribution is -2.46. The van der Waals surface area contributed by atoms with Crippen LogP contribution in [0.2, 0.25) is 0 Å². The number of rotatable bonds is 13. The largest absolute Gasteiger partial charge is 0.493 e. The van der Waals surface area contributed by atoms with E-state index in [9.17, 15) is 27.6 Å². The average molecular weight is 633 g/mol. The number of carbonyl (C=O) groups excluding carboxylic acids is 3. The second-order valence-corrected chi connectivity index (χ2v) is 11.3. The highest BCUT2D eigenvalue weighted by Gasteiger charge is 2.38. The molecular weight excluding hydrogens is 589 g/mol. The van der Waals surface area contributed by atoms with Gasteiger partial charge in [0.25, 0.3) is 5.91 Å². The highest BCUT2D eigenvalue weighted by molar-refractivity contribution is 5.98. The molecule has 2 aliphatic rings. The lowest BCUT2D eigenvalue weighted by Gasteiger charge is -2.33. The van der Waals surface area contributed by atoms with Crippen molar-refractivity contribution in [3.05, 3.63) is 18.0 Å². The zero-order valence-electron chi connectivity index (χ0n) is 25.7. The molecule has 2 fully saturated rings. The third kappa shape index (κ3) is 10.8. The summed E-state index contributed by atoms with van der Waals surface area (Å²) in [6.07, 6.45) is -1.63. The van der Waals surface area contributed by atoms with Crippen molar-refractivity contribution in [1.82, 2.24) is 10.3 Å². The van der Waals surface area contributed by atoms with Crippen LogP contribution < -0.4 is 14.8 Å². The van der Waals surface area contributed by atoms with Crippen LogP contribution in [-0.2, 0) is 28.5 Å². The van der Waals surface area contributed by atoms with Crippen LogP contribution in [0.25, 0.3) is 0 Å². The molecule has 1 unspecified atom stereocenters. The standard InChI is InChI=1S/C30H43F3N2O9/c1-18(2)28(37)42-17-41-26-22(39-4)13-15-34-24(26)27(36)35-21-11-7-12-23(40-16-8-14-30(31,32)33)25(19(3)43-29(21)38)44-20-9-5-6-10-20/h13,15,18-21,23,25H,5-12,14,16-17H2,1-4H3,(H,35,36)/t19-,21-,23?,25-/m0/s1. The molecule has 0 radical (unpaired) electrons. The molecule has 11 nitrogen and oxygen atoms in total. The Kier molecular flexibility index (Phi) is 13.5. The monoisotopic (exact) mass is 632 g/mol. The van der Waals surface area contributed by atoms with Crippen LogP contribution >= 0.6 is 0 Å². The fourth-order valence-corrected chi connectivity index (χ4v) is 5.13. The van der Waals surface area contributed by atoms with Gasteiger partial charge in [-0.1, -0.05) is 26.7 Å². The summed E-state index contributed by atoms with van der Waals surface area (Å²) >= 11 is 0. The normalized spacial score (nSPS) is 23.3. The van der Waals surface area contributed by atoms with Gasteiger partial charge in [0.05, 0.1) is 25.2 Å². The van der Waals surface area contributed by atoms with E-state index in [1.807, 2.05) is 0 Å². The maximum Gasteiger partial charge on any atom is 0.389 e. The molecule has 1 saturated heterocycles. The van der Waals surface area contributed by atoms with Gasteiger partial charge in [0.15, 0.2) is 17.2 Å². The SMILES string of the molecule is COc1ccnc(C(=O)N[C@H]2CCCC(OCCCC(F)(F)F)[C@@H](OC3CCCC3)[C@H](C)OC2=O)c1OCOC(=O)C(C)C. The first-order chi connectivity index (χ1) is 20.9. The molecule has 0 spiro atoms. The third-order valence-electron chi connectivity index (χ3n) is 7.47. The van der Waals surface area contributed by atoms with Crippen LogP contribution in [0.4, 0.5) is 13.2 Å². The van der Waals surface area contributed by atoms with Crippen LogP contribution in [0, 0.1) is 5.92 Å². The summed E-state index contributed by atoms with van der Waals surface area (Å²) in [5.74, 6) is -2.25. The summed E-state index contributed by atoms with van der Waals surface area (Å²) in [4.78, 5) is 42.6. The zero-order valence-corrected chi connectivity index (χ0v) is 25.7. The second-order valence-electron chi connectivity index (χ2n) is 11.3. The number of nitrogens with zero attached hydrogens (tertiary/aromatic N) is 1. The lowest BCUT2D eigenvalue weighted by molar-refractivity contribution is -0.177. The molecule has 248 valence electrons. The number of methoxy groups -OCH3 is 1. The minimum atomic E-state index is -4.28. The van der Waals surface area contributed by atoms with E-state index >= 15 is 0 Å². The van der Waals surface area contributed by atoms with E-state index in [2.05, 4.69) is 10.3 Å². The number of cyclic esters (lactones) is 1. The Bertz CT molecular complexity index is 1100. The van der Waals surface area contributed by atoms with Crippen molar-refractivity contribution in [2.75, 3.05) is 20.5 Å². The maximum atomic E-state index is 13.4. The van der Waals surface area contributed by atoms with Gasteiger partial charge in [-0.15, -0.1) is 0 Å². The van der Waals surface area contributed by atoms with E-state index in [0.29, 0.717) is 12.8 Å². The van der Waals surface area contributed by atoms with Gasteiger partial charge in [0.2, 0.25) is 6.79 Å². The van der Waals surface area contributed by atoms with Gasteiger partial charge >= 0.3 is 18.1 Å². The van der Waals surface area contributed by atoms with Gasteiger partial charge in [0, 0.05) is 25.3 Å². The third-order valence-corrected chi connectivity index (χ3v) is 7.47. The molecule has 1 aromatic heterocycles. The summed E-state index contributed by atoms with van der Waals surface area (Å²) in [6, 6.07) is 0.395. The number of amides is 1. The molecule has 14 heteroatoms. The van der Waals surface area contributed by atoms with Gasteiger partial charge < -0.3 is 33.7 Å². The molecule has 1 aliphatic carbocycles. The van der Waals surface area contributed by atoms with Crippen molar-refractivity contribution in [2.24, 2.45) is 5.92 Å². The Morgan fingerprint density at radius 2 is 1.86 bits per heavy atom. The molecular formula is C30H43F3N2O9. The number of aromatic nitrogens is 1. The first kappa shape index (κ1) is 35.4. The van der Waals surface area contributed by atoms with E-state index in [4.69, 9.17) is 28.4 Å². The van der Waals surface area contributed by atoms with Crippen LogP contribution in [0.3, 0.4) is 0 Å². The maximum absolute atomic E-state index is 13.4. The molecule has 44 heavy (non-hydrogen) atoms.